The molecule has 0 saturated carbocycles. The SMILES string of the molecule is CCCCC(NC(=O)c1nn(-c2cccc(F)c2F)c2c1CCC2)C(=O)O. The highest BCUT2D eigenvalue weighted by molar-refractivity contribution is 5.96. The van der Waals surface area contributed by atoms with Gasteiger partial charge < -0.3 is 10.4 Å². The number of carbonyl (C=O) groups excluding carboxylic acids is 1. The zero-order valence-electron chi connectivity index (χ0n) is 15.0. The van der Waals surface area contributed by atoms with Crippen LogP contribution in [0.4, 0.5) is 8.78 Å². The topological polar surface area (TPSA) is 84.2 Å². The molecule has 0 saturated heterocycles. The second-order valence-corrected chi connectivity index (χ2v) is 6.62. The molecule has 1 heterocycles. The highest BCUT2D eigenvalue weighted by Crippen LogP contribution is 2.29. The van der Waals surface area contributed by atoms with Crippen molar-refractivity contribution in [2.24, 2.45) is 0 Å². The van der Waals surface area contributed by atoms with Crippen molar-refractivity contribution in [3.8, 4) is 5.69 Å². The van der Waals surface area contributed by atoms with Gasteiger partial charge in [0, 0.05) is 11.3 Å². The first-order valence-corrected chi connectivity index (χ1v) is 9.02. The summed E-state index contributed by atoms with van der Waals surface area (Å²) in [5.74, 6) is -3.74. The van der Waals surface area contributed by atoms with E-state index in [4.69, 9.17) is 0 Å². The Morgan fingerprint density at radius 2 is 2.11 bits per heavy atom. The van der Waals surface area contributed by atoms with Gasteiger partial charge in [0.25, 0.3) is 5.91 Å². The molecular formula is C19H21F2N3O3. The number of fused-ring (bicyclic) bond motifs is 1. The number of nitrogens with one attached hydrogen (secondary N) is 1. The smallest absolute Gasteiger partial charge is 0.326 e. The minimum atomic E-state index is -1.11. The van der Waals surface area contributed by atoms with Crippen molar-refractivity contribution in [1.29, 1.82) is 0 Å². The molecule has 0 aliphatic heterocycles. The third-order valence-corrected chi connectivity index (χ3v) is 4.75. The average molecular weight is 377 g/mol. The Balaban J connectivity index is 1.94. The van der Waals surface area contributed by atoms with Gasteiger partial charge in [-0.1, -0.05) is 25.8 Å². The van der Waals surface area contributed by atoms with Crippen molar-refractivity contribution in [1.82, 2.24) is 15.1 Å². The van der Waals surface area contributed by atoms with Crippen LogP contribution in [0.3, 0.4) is 0 Å². The van der Waals surface area contributed by atoms with Crippen LogP contribution < -0.4 is 5.32 Å². The Morgan fingerprint density at radius 1 is 1.33 bits per heavy atom. The number of aliphatic carboxylic acids is 1. The molecule has 2 aromatic rings. The lowest BCUT2D eigenvalue weighted by atomic mass is 10.1. The number of benzene rings is 1. The van der Waals surface area contributed by atoms with Gasteiger partial charge in [-0.25, -0.2) is 18.3 Å². The Kier molecular flexibility index (Phi) is 5.53. The van der Waals surface area contributed by atoms with Gasteiger partial charge in [-0.2, -0.15) is 5.10 Å². The van der Waals surface area contributed by atoms with Gasteiger partial charge in [-0.15, -0.1) is 0 Å². The monoisotopic (exact) mass is 377 g/mol. The third kappa shape index (κ3) is 3.70. The molecule has 144 valence electrons. The third-order valence-electron chi connectivity index (χ3n) is 4.75. The molecule has 27 heavy (non-hydrogen) atoms. The number of carbonyl (C=O) groups is 2. The van der Waals surface area contributed by atoms with Crippen molar-refractivity contribution in [2.75, 3.05) is 0 Å². The number of unbranched alkanes of at least 4 members (excludes halogenated alkanes) is 1. The van der Waals surface area contributed by atoms with E-state index in [2.05, 4.69) is 10.4 Å². The number of hydrogen-bond donors (Lipinski definition) is 2. The maximum atomic E-state index is 14.2. The second kappa shape index (κ2) is 7.85. The summed E-state index contributed by atoms with van der Waals surface area (Å²) in [6.07, 6.45) is 3.73. The standard InChI is InChI=1S/C19H21F2N3O3/c1-2-3-8-13(19(26)27)22-18(25)17-11-6-4-9-14(11)24(23-17)15-10-5-7-12(20)16(15)21/h5,7,10,13H,2-4,6,8-9H2,1H3,(H,22,25)(H,26,27). The van der Waals surface area contributed by atoms with E-state index in [9.17, 15) is 23.5 Å². The fraction of sp³-hybridized carbons (Fsp3) is 0.421. The maximum Gasteiger partial charge on any atom is 0.326 e. The lowest BCUT2D eigenvalue weighted by molar-refractivity contribution is -0.139. The number of carboxylic acids is 1. The van der Waals surface area contributed by atoms with Crippen LogP contribution in [0, 0.1) is 11.6 Å². The molecule has 0 bridgehead atoms. The van der Waals surface area contributed by atoms with E-state index in [1.165, 1.54) is 16.8 Å². The van der Waals surface area contributed by atoms with E-state index >= 15 is 0 Å². The van der Waals surface area contributed by atoms with Gasteiger partial charge in [0.05, 0.1) is 0 Å². The summed E-state index contributed by atoms with van der Waals surface area (Å²) >= 11 is 0. The quantitative estimate of drug-likeness (QED) is 0.777. The average Bonchev–Trinajstić information content (AvgIpc) is 3.23. The predicted molar refractivity (Wildman–Crippen MR) is 93.9 cm³/mol. The number of halogens is 2. The van der Waals surface area contributed by atoms with Gasteiger partial charge in [0.15, 0.2) is 17.3 Å². The van der Waals surface area contributed by atoms with Crippen LogP contribution in [0.5, 0.6) is 0 Å². The molecule has 1 amide bonds. The zero-order valence-corrected chi connectivity index (χ0v) is 15.0. The fourth-order valence-electron chi connectivity index (χ4n) is 3.37. The molecule has 1 aliphatic rings. The van der Waals surface area contributed by atoms with Gasteiger partial charge in [-0.3, -0.25) is 4.79 Å². The number of rotatable bonds is 7. The van der Waals surface area contributed by atoms with Crippen LogP contribution in [0.1, 0.15) is 54.4 Å². The molecule has 8 heteroatoms. The van der Waals surface area contributed by atoms with E-state index < -0.39 is 29.6 Å². The second-order valence-electron chi connectivity index (χ2n) is 6.62. The normalized spacial score (nSPS) is 14.0. The summed E-state index contributed by atoms with van der Waals surface area (Å²) in [6.45, 7) is 1.93. The lowest BCUT2D eigenvalue weighted by Gasteiger charge is -2.13. The molecule has 0 radical (unpaired) electrons. The summed E-state index contributed by atoms with van der Waals surface area (Å²) in [4.78, 5) is 24.0. The molecular weight excluding hydrogens is 356 g/mol. The highest BCUT2D eigenvalue weighted by Gasteiger charge is 2.30. The zero-order chi connectivity index (χ0) is 19.6. The molecule has 3 rings (SSSR count). The first-order valence-electron chi connectivity index (χ1n) is 9.02. The Hall–Kier alpha value is -2.77. The Bertz CT molecular complexity index is 879. The number of hydrogen-bond acceptors (Lipinski definition) is 3. The van der Waals surface area contributed by atoms with Crippen molar-refractivity contribution < 1.29 is 23.5 Å². The van der Waals surface area contributed by atoms with Crippen LogP contribution in [-0.2, 0) is 17.6 Å². The molecule has 1 aliphatic carbocycles. The summed E-state index contributed by atoms with van der Waals surface area (Å²) in [7, 11) is 0. The van der Waals surface area contributed by atoms with Gasteiger partial charge in [0.1, 0.15) is 11.7 Å². The molecule has 0 fully saturated rings. The van der Waals surface area contributed by atoms with Crippen LogP contribution in [-0.4, -0.2) is 32.8 Å². The molecule has 0 spiro atoms. The maximum absolute atomic E-state index is 14.2. The van der Waals surface area contributed by atoms with E-state index in [1.54, 1.807) is 0 Å². The molecule has 2 N–H and O–H groups in total. The minimum Gasteiger partial charge on any atom is -0.480 e. The Morgan fingerprint density at radius 3 is 2.81 bits per heavy atom. The van der Waals surface area contributed by atoms with Gasteiger partial charge in [0.2, 0.25) is 0 Å². The van der Waals surface area contributed by atoms with E-state index in [1.807, 2.05) is 6.92 Å². The summed E-state index contributed by atoms with van der Waals surface area (Å²) in [6, 6.07) is 2.78. The van der Waals surface area contributed by atoms with E-state index in [0.717, 1.165) is 18.9 Å². The van der Waals surface area contributed by atoms with Crippen LogP contribution in [0.2, 0.25) is 0 Å². The fourth-order valence-corrected chi connectivity index (χ4v) is 3.37. The Labute approximate surface area is 155 Å². The number of amides is 1. The van der Waals surface area contributed by atoms with Gasteiger partial charge >= 0.3 is 5.97 Å². The summed E-state index contributed by atoms with van der Waals surface area (Å²) < 4.78 is 29.1. The van der Waals surface area contributed by atoms with Gasteiger partial charge in [-0.05, 0) is 37.8 Å². The van der Waals surface area contributed by atoms with E-state index in [0.29, 0.717) is 36.9 Å². The highest BCUT2D eigenvalue weighted by atomic mass is 19.2. The lowest BCUT2D eigenvalue weighted by Crippen LogP contribution is -2.41. The van der Waals surface area contributed by atoms with Crippen molar-refractivity contribution >= 4 is 11.9 Å². The van der Waals surface area contributed by atoms with Crippen LogP contribution in [0.25, 0.3) is 5.69 Å². The van der Waals surface area contributed by atoms with Crippen molar-refractivity contribution in [3.63, 3.8) is 0 Å². The van der Waals surface area contributed by atoms with E-state index in [-0.39, 0.29) is 11.4 Å². The molecule has 1 unspecified atom stereocenters. The summed E-state index contributed by atoms with van der Waals surface area (Å²) in [5.41, 5.74) is 1.34. The predicted octanol–water partition coefficient (Wildman–Crippen LogP) is 3.01. The van der Waals surface area contributed by atoms with Crippen molar-refractivity contribution in [2.45, 2.75) is 51.5 Å². The number of nitrogens with zero attached hydrogens (tertiary/aromatic N) is 2. The molecule has 1 aromatic heterocycles. The molecule has 6 nitrogen and oxygen atoms in total. The molecule has 1 aromatic carbocycles. The number of aromatic nitrogens is 2. The van der Waals surface area contributed by atoms with Crippen LogP contribution >= 0.6 is 0 Å². The first kappa shape index (κ1) is 19.0. The first-order chi connectivity index (χ1) is 12.9. The summed E-state index contributed by atoms with van der Waals surface area (Å²) in [5, 5.41) is 16.0. The van der Waals surface area contributed by atoms with Crippen LogP contribution in [0.15, 0.2) is 18.2 Å². The largest absolute Gasteiger partial charge is 0.480 e. The minimum absolute atomic E-state index is 0.0621. The van der Waals surface area contributed by atoms with Crippen molar-refractivity contribution in [3.05, 3.63) is 46.8 Å². The number of carboxylic acid groups (broad SMARTS) is 1. The molecule has 1 atom stereocenters.